The van der Waals surface area contributed by atoms with Gasteiger partial charge in [-0.15, -0.1) is 11.3 Å². The molecule has 1 aliphatic heterocycles. The van der Waals surface area contributed by atoms with Gasteiger partial charge >= 0.3 is 0 Å². The smallest absolute Gasteiger partial charge is 0.238 e. The number of halogens is 2. The Morgan fingerprint density at radius 2 is 1.91 bits per heavy atom. The SMILES string of the molecule is CC1Cc2sc(CC(=O)Cc3ccc(S(N)(=O)=O)cc3)c(C#N)c2CN1Cc1cc(Cl)ccc1Cl. The first-order valence-electron chi connectivity index (χ1n) is 10.9. The molecule has 182 valence electrons. The molecular weight excluding hydrogens is 525 g/mol. The second-order valence-electron chi connectivity index (χ2n) is 8.69. The van der Waals surface area contributed by atoms with Crippen LogP contribution in [0.3, 0.4) is 0 Å². The Morgan fingerprint density at radius 3 is 2.57 bits per heavy atom. The van der Waals surface area contributed by atoms with E-state index in [9.17, 15) is 18.5 Å². The number of hydrogen-bond donors (Lipinski definition) is 1. The zero-order chi connectivity index (χ0) is 25.3. The maximum atomic E-state index is 12.8. The van der Waals surface area contributed by atoms with E-state index in [1.54, 1.807) is 24.3 Å². The molecule has 1 unspecified atom stereocenters. The summed E-state index contributed by atoms with van der Waals surface area (Å²) in [6, 6.07) is 13.9. The molecule has 6 nitrogen and oxygen atoms in total. The van der Waals surface area contributed by atoms with Crippen LogP contribution in [0, 0.1) is 11.3 Å². The molecule has 10 heteroatoms. The van der Waals surface area contributed by atoms with Crippen molar-refractivity contribution >= 4 is 50.3 Å². The molecule has 1 aromatic heterocycles. The number of hydrogen-bond acceptors (Lipinski definition) is 6. The Labute approximate surface area is 218 Å². The fraction of sp³-hybridized carbons (Fsp3) is 0.280. The zero-order valence-electron chi connectivity index (χ0n) is 18.9. The van der Waals surface area contributed by atoms with Gasteiger partial charge in [-0.2, -0.15) is 5.26 Å². The van der Waals surface area contributed by atoms with Crippen molar-refractivity contribution in [3.63, 3.8) is 0 Å². The summed E-state index contributed by atoms with van der Waals surface area (Å²) in [7, 11) is -3.78. The number of benzene rings is 2. The number of nitrogens with zero attached hydrogens (tertiary/aromatic N) is 2. The summed E-state index contributed by atoms with van der Waals surface area (Å²) in [6.45, 7) is 3.36. The van der Waals surface area contributed by atoms with Crippen molar-refractivity contribution < 1.29 is 13.2 Å². The first-order chi connectivity index (χ1) is 16.5. The average Bonchev–Trinajstić information content (AvgIpc) is 3.11. The van der Waals surface area contributed by atoms with Gasteiger partial charge in [0, 0.05) is 51.8 Å². The van der Waals surface area contributed by atoms with Crippen LogP contribution in [-0.2, 0) is 47.2 Å². The van der Waals surface area contributed by atoms with Gasteiger partial charge in [-0.05, 0) is 60.4 Å². The average molecular weight is 549 g/mol. The van der Waals surface area contributed by atoms with Crippen LogP contribution < -0.4 is 5.14 Å². The number of carbonyl (C=O) groups is 1. The number of thiophene rings is 1. The maximum Gasteiger partial charge on any atom is 0.238 e. The summed E-state index contributed by atoms with van der Waals surface area (Å²) in [5.74, 6) is -0.0425. The van der Waals surface area contributed by atoms with E-state index in [1.807, 2.05) is 6.07 Å². The minimum Gasteiger partial charge on any atom is -0.299 e. The Hall–Kier alpha value is -2.25. The van der Waals surface area contributed by atoms with E-state index in [1.165, 1.54) is 23.5 Å². The van der Waals surface area contributed by atoms with E-state index >= 15 is 0 Å². The molecule has 1 aliphatic rings. The molecule has 0 radical (unpaired) electrons. The second kappa shape index (κ2) is 10.4. The first-order valence-corrected chi connectivity index (χ1v) is 14.0. The molecule has 2 heterocycles. The van der Waals surface area contributed by atoms with E-state index in [-0.39, 0.29) is 29.6 Å². The summed E-state index contributed by atoms with van der Waals surface area (Å²) < 4.78 is 22.8. The number of carbonyl (C=O) groups excluding carboxylic acids is 1. The number of sulfonamides is 1. The number of nitriles is 1. The van der Waals surface area contributed by atoms with Gasteiger partial charge in [-0.3, -0.25) is 9.69 Å². The fourth-order valence-corrected chi connectivity index (χ4v) is 6.58. The highest BCUT2D eigenvalue weighted by atomic mass is 35.5. The molecule has 35 heavy (non-hydrogen) atoms. The van der Waals surface area contributed by atoms with Crippen LogP contribution in [0.25, 0.3) is 0 Å². The summed E-state index contributed by atoms with van der Waals surface area (Å²) in [6.07, 6.45) is 1.09. The highest BCUT2D eigenvalue weighted by Gasteiger charge is 2.29. The van der Waals surface area contributed by atoms with Crippen LogP contribution in [-0.4, -0.2) is 25.1 Å². The summed E-state index contributed by atoms with van der Waals surface area (Å²) in [4.78, 5) is 17.0. The number of Topliss-reactive ketones (excluding diaryl/α,β-unsaturated/α-hetero) is 1. The van der Waals surface area contributed by atoms with Crippen LogP contribution in [0.1, 0.15) is 38.9 Å². The maximum absolute atomic E-state index is 12.8. The molecule has 1 atom stereocenters. The van der Waals surface area contributed by atoms with E-state index in [4.69, 9.17) is 28.3 Å². The topological polar surface area (TPSA) is 104 Å². The molecule has 0 bridgehead atoms. The third kappa shape index (κ3) is 5.95. The largest absolute Gasteiger partial charge is 0.299 e. The van der Waals surface area contributed by atoms with Crippen molar-refractivity contribution in [2.45, 2.75) is 50.2 Å². The Kier molecular flexibility index (Phi) is 7.67. The third-order valence-electron chi connectivity index (χ3n) is 6.13. The van der Waals surface area contributed by atoms with Gasteiger partial charge in [0.05, 0.1) is 10.5 Å². The molecular formula is C25H23Cl2N3O3S2. The lowest BCUT2D eigenvalue weighted by Crippen LogP contribution is -2.37. The zero-order valence-corrected chi connectivity index (χ0v) is 22.1. The number of primary sulfonamides is 1. The lowest BCUT2D eigenvalue weighted by atomic mass is 9.97. The van der Waals surface area contributed by atoms with Gasteiger partial charge in [0.2, 0.25) is 10.0 Å². The van der Waals surface area contributed by atoms with Crippen LogP contribution in [0.15, 0.2) is 47.4 Å². The predicted molar refractivity (Wildman–Crippen MR) is 138 cm³/mol. The Balaban J connectivity index is 1.50. The van der Waals surface area contributed by atoms with Gasteiger partial charge in [0.15, 0.2) is 0 Å². The highest BCUT2D eigenvalue weighted by Crippen LogP contribution is 2.36. The molecule has 0 spiro atoms. The van der Waals surface area contributed by atoms with Gasteiger partial charge in [0.25, 0.3) is 0 Å². The lowest BCUT2D eigenvalue weighted by molar-refractivity contribution is -0.117. The Bertz CT molecular complexity index is 1430. The standard InChI is InChI=1S/C25H23Cl2N3O3S2/c1-15-8-24-22(14-30(15)13-17-10-18(26)4-7-23(17)27)21(12-28)25(34-24)11-19(31)9-16-2-5-20(6-3-16)35(29,32)33/h2-7,10,15H,8-9,11,13-14H2,1H3,(H2,29,32,33). The second-order valence-corrected chi connectivity index (χ2v) is 12.3. The van der Waals surface area contributed by atoms with Crippen LogP contribution >= 0.6 is 34.5 Å². The third-order valence-corrected chi connectivity index (χ3v) is 8.92. The van der Waals surface area contributed by atoms with Gasteiger partial charge in [-0.1, -0.05) is 35.3 Å². The van der Waals surface area contributed by atoms with E-state index in [0.29, 0.717) is 34.3 Å². The van der Waals surface area contributed by atoms with Crippen molar-refractivity contribution in [2.24, 2.45) is 5.14 Å². The Morgan fingerprint density at radius 1 is 1.20 bits per heavy atom. The number of fused-ring (bicyclic) bond motifs is 1. The molecule has 2 aromatic carbocycles. The van der Waals surface area contributed by atoms with Gasteiger partial charge in [-0.25, -0.2) is 13.6 Å². The molecule has 0 aliphatic carbocycles. The quantitative estimate of drug-likeness (QED) is 0.454. The number of ketones is 1. The molecule has 0 amide bonds. The van der Waals surface area contributed by atoms with Crippen molar-refractivity contribution in [2.75, 3.05) is 0 Å². The lowest BCUT2D eigenvalue weighted by Gasteiger charge is -2.33. The molecule has 0 saturated heterocycles. The predicted octanol–water partition coefficient (Wildman–Crippen LogP) is 4.88. The molecule has 2 N–H and O–H groups in total. The summed E-state index contributed by atoms with van der Waals surface area (Å²) in [5.41, 5.74) is 3.19. The first kappa shape index (κ1) is 25.8. The van der Waals surface area contributed by atoms with Crippen molar-refractivity contribution in [1.29, 1.82) is 5.26 Å². The molecule has 0 saturated carbocycles. The van der Waals surface area contributed by atoms with Crippen molar-refractivity contribution in [3.8, 4) is 6.07 Å². The van der Waals surface area contributed by atoms with Gasteiger partial charge < -0.3 is 0 Å². The van der Waals surface area contributed by atoms with Crippen LogP contribution in [0.2, 0.25) is 10.0 Å². The van der Waals surface area contributed by atoms with Crippen molar-refractivity contribution in [1.82, 2.24) is 4.90 Å². The molecule has 0 fully saturated rings. The number of nitrogens with two attached hydrogens (primary N) is 1. The van der Waals surface area contributed by atoms with Crippen molar-refractivity contribution in [3.05, 3.63) is 84.5 Å². The molecule has 4 rings (SSSR count). The highest BCUT2D eigenvalue weighted by molar-refractivity contribution is 7.89. The minimum atomic E-state index is -3.78. The van der Waals surface area contributed by atoms with E-state index < -0.39 is 10.0 Å². The summed E-state index contributed by atoms with van der Waals surface area (Å²) in [5, 5.41) is 16.3. The monoisotopic (exact) mass is 547 g/mol. The number of rotatable bonds is 7. The summed E-state index contributed by atoms with van der Waals surface area (Å²) >= 11 is 14.1. The van der Waals surface area contributed by atoms with Gasteiger partial charge in [0.1, 0.15) is 11.9 Å². The fourth-order valence-electron chi connectivity index (χ4n) is 4.27. The van der Waals surface area contributed by atoms with Crippen LogP contribution in [0.5, 0.6) is 0 Å². The van der Waals surface area contributed by atoms with E-state index in [2.05, 4.69) is 17.9 Å². The van der Waals surface area contributed by atoms with Crippen LogP contribution in [0.4, 0.5) is 0 Å². The normalized spacial score (nSPS) is 16.0. The molecule has 3 aromatic rings. The van der Waals surface area contributed by atoms with E-state index in [0.717, 1.165) is 27.3 Å². The minimum absolute atomic E-state index is 0.00383.